The Labute approximate surface area is 371 Å². The van der Waals surface area contributed by atoms with E-state index in [1.807, 2.05) is 41.3 Å². The van der Waals surface area contributed by atoms with Crippen LogP contribution >= 0.6 is 0 Å². The van der Waals surface area contributed by atoms with Crippen LogP contribution in [0.15, 0.2) is 109 Å². The van der Waals surface area contributed by atoms with Crippen molar-refractivity contribution in [3.05, 3.63) is 125 Å². The first-order valence-electron chi connectivity index (χ1n) is 22.0. The molecule has 15 nitrogen and oxygen atoms in total. The summed E-state index contributed by atoms with van der Waals surface area (Å²) in [6, 6.07) is 22.0. The predicted octanol–water partition coefficient (Wildman–Crippen LogP) is 6.67. The first-order valence-corrected chi connectivity index (χ1v) is 22.0. The maximum Gasteiger partial charge on any atom is 0.251 e. The number of nitrogens with one attached hydrogen (secondary N) is 4. The Morgan fingerprint density at radius 3 is 1.75 bits per heavy atom. The molecule has 326 valence electrons. The standard InChI is InChI=1S/C26H28N6O2.C23H24N6O/c1-17-11-20(26(33)28-17)13-21-15-27-32-24(29-22-5-6-22)14-23(30-25(21)32)19-4-2-3-18(12-19)16-31-7-9-34-10-8-31;1-14-10-16(23(30)25-14)11-17-13-24-29-21(26-18-6-7-18)12-20(27-22(17)29)15-4-8-19(9-5-15)28(2)3/h2-4,12-15,22,29H,1,5-11,16H2,(H,28,33);4-5,8-9,11-13,18,26H,1,6-7,10H2,2-3H3,(H,25,30)/b20-13+;16-11+. The molecule has 2 saturated carbocycles. The summed E-state index contributed by atoms with van der Waals surface area (Å²) in [7, 11) is 4.05. The van der Waals surface area contributed by atoms with Gasteiger partial charge in [0.1, 0.15) is 11.6 Å². The first-order chi connectivity index (χ1) is 31.1. The predicted molar refractivity (Wildman–Crippen MR) is 250 cm³/mol. The average Bonchev–Trinajstić information content (AvgIpc) is 4.15. The van der Waals surface area contributed by atoms with Gasteiger partial charge in [-0.15, -0.1) is 0 Å². The normalized spacial score (nSPS) is 19.0. The van der Waals surface area contributed by atoms with Crippen LogP contribution in [0.2, 0.25) is 0 Å². The van der Waals surface area contributed by atoms with Crippen LogP contribution in [0.25, 0.3) is 46.0 Å². The van der Waals surface area contributed by atoms with Crippen LogP contribution in [0.3, 0.4) is 0 Å². The summed E-state index contributed by atoms with van der Waals surface area (Å²) < 4.78 is 9.15. The summed E-state index contributed by atoms with van der Waals surface area (Å²) in [5, 5.41) is 21.8. The first kappa shape index (κ1) is 40.9. The molecule has 2 amide bonds. The number of carbonyl (C=O) groups is 2. The fraction of sp³-hybridized carbons (Fsp3) is 0.306. The second-order valence-electron chi connectivity index (χ2n) is 17.4. The Balaban J connectivity index is 0.000000153. The van der Waals surface area contributed by atoms with E-state index in [9.17, 15) is 9.59 Å². The number of amides is 2. The van der Waals surface area contributed by atoms with Crippen molar-refractivity contribution in [3.63, 3.8) is 0 Å². The third kappa shape index (κ3) is 9.03. The minimum Gasteiger partial charge on any atom is -0.379 e. The van der Waals surface area contributed by atoms with E-state index in [0.717, 1.165) is 126 Å². The Bertz CT molecular complexity index is 2880. The third-order valence-corrected chi connectivity index (χ3v) is 11.9. The fourth-order valence-electron chi connectivity index (χ4n) is 8.11. The highest BCUT2D eigenvalue weighted by Gasteiger charge is 2.26. The van der Waals surface area contributed by atoms with E-state index in [1.54, 1.807) is 12.4 Å². The zero-order valence-corrected chi connectivity index (χ0v) is 36.2. The van der Waals surface area contributed by atoms with E-state index in [1.165, 1.54) is 5.56 Å². The molecule has 3 saturated heterocycles. The zero-order chi connectivity index (χ0) is 43.9. The second-order valence-corrected chi connectivity index (χ2v) is 17.4. The van der Waals surface area contributed by atoms with E-state index in [4.69, 9.17) is 14.7 Å². The molecule has 7 heterocycles. The van der Waals surface area contributed by atoms with Gasteiger partial charge in [0.05, 0.1) is 37.0 Å². The Morgan fingerprint density at radius 2 is 1.27 bits per heavy atom. The summed E-state index contributed by atoms with van der Waals surface area (Å²) in [5.41, 5.74) is 12.2. The van der Waals surface area contributed by atoms with Gasteiger partial charge in [-0.3, -0.25) is 14.5 Å². The van der Waals surface area contributed by atoms with Gasteiger partial charge in [0, 0.05) is 121 Å². The largest absolute Gasteiger partial charge is 0.379 e. The molecule has 15 heteroatoms. The SMILES string of the molecule is C=C1C/C(=C\c2cnn3c(NC4CC4)cc(-c4ccc(N(C)C)cc4)nc23)C(=O)N1.C=C1C/C(=C\c2cnn3c(NC4CC4)cc(-c4cccc(CN5CCOCC5)c4)nc23)C(=O)N1. The summed E-state index contributed by atoms with van der Waals surface area (Å²) >= 11 is 0. The lowest BCUT2D eigenvalue weighted by molar-refractivity contribution is -0.116. The van der Waals surface area contributed by atoms with Crippen molar-refractivity contribution in [2.24, 2.45) is 0 Å². The Morgan fingerprint density at radius 1 is 0.734 bits per heavy atom. The number of aromatic nitrogens is 6. The number of fused-ring (bicyclic) bond motifs is 2. The molecule has 3 aliphatic heterocycles. The van der Waals surface area contributed by atoms with Crippen LogP contribution in [0.5, 0.6) is 0 Å². The third-order valence-electron chi connectivity index (χ3n) is 11.9. The van der Waals surface area contributed by atoms with E-state index in [-0.39, 0.29) is 11.8 Å². The number of allylic oxidation sites excluding steroid dienone is 2. The molecule has 6 aromatic rings. The lowest BCUT2D eigenvalue weighted by Gasteiger charge is -2.26. The molecular weight excluding hydrogens is 805 g/mol. The average molecular weight is 857 g/mol. The van der Waals surface area contributed by atoms with Crippen LogP contribution in [-0.4, -0.2) is 98.4 Å². The van der Waals surface area contributed by atoms with Crippen LogP contribution in [0, 0.1) is 0 Å². The van der Waals surface area contributed by atoms with Gasteiger partial charge in [0.25, 0.3) is 11.8 Å². The molecule has 4 N–H and O–H groups in total. The quantitative estimate of drug-likeness (QED) is 0.103. The van der Waals surface area contributed by atoms with Gasteiger partial charge in [0.2, 0.25) is 0 Å². The number of ether oxygens (including phenoxy) is 1. The van der Waals surface area contributed by atoms with Crippen LogP contribution in [0.1, 0.15) is 55.2 Å². The van der Waals surface area contributed by atoms with Gasteiger partial charge in [-0.05, 0) is 61.6 Å². The van der Waals surface area contributed by atoms with Crippen molar-refractivity contribution in [1.82, 2.24) is 44.7 Å². The lowest BCUT2D eigenvalue weighted by atomic mass is 10.1. The van der Waals surface area contributed by atoms with E-state index in [2.05, 4.69) is 109 Å². The molecule has 64 heavy (non-hydrogen) atoms. The number of anilines is 3. The number of hydrogen-bond acceptors (Lipinski definition) is 11. The minimum atomic E-state index is -0.105. The van der Waals surface area contributed by atoms with E-state index >= 15 is 0 Å². The van der Waals surface area contributed by atoms with Crippen molar-refractivity contribution >= 4 is 52.6 Å². The highest BCUT2D eigenvalue weighted by atomic mass is 16.5. The molecule has 2 aromatic carbocycles. The van der Waals surface area contributed by atoms with Crippen molar-refractivity contribution in [2.75, 3.05) is 55.9 Å². The number of hydrogen-bond donors (Lipinski definition) is 4. The number of carbonyl (C=O) groups excluding carboxylic acids is 2. The maximum absolute atomic E-state index is 12.2. The van der Waals surface area contributed by atoms with Crippen molar-refractivity contribution in [2.45, 2.75) is 57.2 Å². The summed E-state index contributed by atoms with van der Waals surface area (Å²) in [6.07, 6.45) is 13.0. The topological polar surface area (TPSA) is 158 Å². The zero-order valence-electron chi connectivity index (χ0n) is 36.2. The lowest BCUT2D eigenvalue weighted by Crippen LogP contribution is -2.35. The number of morpholine rings is 1. The van der Waals surface area contributed by atoms with Gasteiger partial charge in [-0.25, -0.2) is 9.97 Å². The van der Waals surface area contributed by atoms with Crippen LogP contribution in [0.4, 0.5) is 17.3 Å². The van der Waals surface area contributed by atoms with Crippen molar-refractivity contribution in [3.8, 4) is 22.5 Å². The molecule has 0 atom stereocenters. The molecule has 4 aromatic heterocycles. The Hall–Kier alpha value is -7.10. The molecule has 2 aliphatic carbocycles. The van der Waals surface area contributed by atoms with Crippen LogP contribution < -0.4 is 26.2 Å². The number of rotatable bonds is 11. The number of nitrogens with zero attached hydrogens (tertiary/aromatic N) is 8. The fourth-order valence-corrected chi connectivity index (χ4v) is 8.11. The highest BCUT2D eigenvalue weighted by Crippen LogP contribution is 2.33. The smallest absolute Gasteiger partial charge is 0.251 e. The molecular formula is C49H52N12O3. The van der Waals surface area contributed by atoms with Crippen LogP contribution in [-0.2, 0) is 20.9 Å². The monoisotopic (exact) mass is 856 g/mol. The molecule has 5 aliphatic rings. The summed E-state index contributed by atoms with van der Waals surface area (Å²) in [5.74, 6) is 1.63. The maximum atomic E-state index is 12.2. The van der Waals surface area contributed by atoms with E-state index in [0.29, 0.717) is 41.8 Å². The molecule has 5 fully saturated rings. The van der Waals surface area contributed by atoms with E-state index < -0.39 is 0 Å². The highest BCUT2D eigenvalue weighted by molar-refractivity contribution is 6.03. The summed E-state index contributed by atoms with van der Waals surface area (Å²) in [4.78, 5) is 38.8. The molecule has 0 radical (unpaired) electrons. The minimum absolute atomic E-state index is 0.104. The molecule has 11 rings (SSSR count). The molecule has 0 bridgehead atoms. The van der Waals surface area contributed by atoms with Gasteiger partial charge in [0.15, 0.2) is 11.3 Å². The van der Waals surface area contributed by atoms with Crippen molar-refractivity contribution in [1.29, 1.82) is 0 Å². The Kier molecular flexibility index (Phi) is 11.0. The molecule has 0 spiro atoms. The van der Waals surface area contributed by atoms with Gasteiger partial charge < -0.3 is 30.9 Å². The summed E-state index contributed by atoms with van der Waals surface area (Å²) in [6.45, 7) is 12.1. The number of benzene rings is 2. The van der Waals surface area contributed by atoms with Gasteiger partial charge in [-0.2, -0.15) is 19.2 Å². The molecule has 0 unspecified atom stereocenters. The van der Waals surface area contributed by atoms with Gasteiger partial charge >= 0.3 is 0 Å². The second kappa shape index (κ2) is 17.2. The van der Waals surface area contributed by atoms with Gasteiger partial charge in [-0.1, -0.05) is 43.5 Å². The van der Waals surface area contributed by atoms with Crippen molar-refractivity contribution < 1.29 is 14.3 Å².